The van der Waals surface area contributed by atoms with Gasteiger partial charge >= 0.3 is 0 Å². The van der Waals surface area contributed by atoms with E-state index in [2.05, 4.69) is 10.5 Å². The third-order valence-corrected chi connectivity index (χ3v) is 3.42. The van der Waals surface area contributed by atoms with Gasteiger partial charge in [0.15, 0.2) is 0 Å². The van der Waals surface area contributed by atoms with Crippen LogP contribution in [0.15, 0.2) is 59.7 Å². The summed E-state index contributed by atoms with van der Waals surface area (Å²) < 4.78 is 0. The molecule has 0 aromatic heterocycles. The summed E-state index contributed by atoms with van der Waals surface area (Å²) in [5.41, 5.74) is 5.09. The van der Waals surface area contributed by atoms with E-state index in [0.717, 1.165) is 18.6 Å². The molecule has 0 aliphatic heterocycles. The normalized spacial score (nSPS) is 11.2. The van der Waals surface area contributed by atoms with E-state index in [1.807, 2.05) is 37.3 Å². The van der Waals surface area contributed by atoms with Crippen LogP contribution in [0.3, 0.4) is 0 Å². The molecule has 0 saturated carbocycles. The van der Waals surface area contributed by atoms with Crippen molar-refractivity contribution in [1.29, 1.82) is 0 Å². The van der Waals surface area contributed by atoms with Gasteiger partial charge in [-0.15, -0.1) is 0 Å². The molecular weight excluding hydrogens is 284 g/mol. The molecule has 1 amide bonds. The van der Waals surface area contributed by atoms with Crippen LogP contribution < -0.4 is 5.43 Å². The molecule has 1 N–H and O–H groups in total. The first-order chi connectivity index (χ1) is 10.2. The average molecular weight is 301 g/mol. The van der Waals surface area contributed by atoms with Crippen molar-refractivity contribution < 1.29 is 4.79 Å². The van der Waals surface area contributed by atoms with Gasteiger partial charge in [0.25, 0.3) is 5.91 Å². The van der Waals surface area contributed by atoms with Gasteiger partial charge in [0.2, 0.25) is 0 Å². The molecule has 0 fully saturated rings. The smallest absolute Gasteiger partial charge is 0.267 e. The number of hydrazone groups is 1. The Kier molecular flexibility index (Phi) is 5.52. The van der Waals surface area contributed by atoms with E-state index in [9.17, 15) is 4.79 Å². The summed E-state index contributed by atoms with van der Waals surface area (Å²) in [7, 11) is 0. The topological polar surface area (TPSA) is 41.5 Å². The maximum Gasteiger partial charge on any atom is 0.272 e. The second kappa shape index (κ2) is 7.60. The summed E-state index contributed by atoms with van der Waals surface area (Å²) in [5, 5.41) is 4.64. The Bertz CT molecular complexity index is 638. The van der Waals surface area contributed by atoms with Gasteiger partial charge in [-0.25, -0.2) is 5.43 Å². The maximum absolute atomic E-state index is 12.0. The zero-order valence-electron chi connectivity index (χ0n) is 11.8. The van der Waals surface area contributed by atoms with Crippen LogP contribution in [0.5, 0.6) is 0 Å². The largest absolute Gasteiger partial charge is 0.272 e. The van der Waals surface area contributed by atoms with E-state index >= 15 is 0 Å². The van der Waals surface area contributed by atoms with Crippen LogP contribution in [0.2, 0.25) is 5.02 Å². The lowest BCUT2D eigenvalue weighted by Gasteiger charge is -2.06. The van der Waals surface area contributed by atoms with Crippen LogP contribution in [0.1, 0.15) is 29.3 Å². The summed E-state index contributed by atoms with van der Waals surface area (Å²) >= 11 is 5.99. The van der Waals surface area contributed by atoms with E-state index in [-0.39, 0.29) is 5.91 Å². The molecule has 0 spiro atoms. The van der Waals surface area contributed by atoms with E-state index < -0.39 is 0 Å². The highest BCUT2D eigenvalue weighted by Crippen LogP contribution is 2.14. The monoisotopic (exact) mass is 300 g/mol. The Hall–Kier alpha value is -2.13. The van der Waals surface area contributed by atoms with Crippen molar-refractivity contribution >= 4 is 23.2 Å². The fraction of sp³-hybridized carbons (Fsp3) is 0.176. The fourth-order valence-corrected chi connectivity index (χ4v) is 2.13. The number of amides is 1. The van der Waals surface area contributed by atoms with Crippen LogP contribution in [-0.4, -0.2) is 11.6 Å². The van der Waals surface area contributed by atoms with Crippen molar-refractivity contribution in [2.45, 2.75) is 19.8 Å². The first kappa shape index (κ1) is 15.3. The summed E-state index contributed by atoms with van der Waals surface area (Å²) in [6.45, 7) is 2.02. The summed E-state index contributed by atoms with van der Waals surface area (Å²) in [4.78, 5) is 12.0. The van der Waals surface area contributed by atoms with E-state index in [1.165, 1.54) is 5.56 Å². The van der Waals surface area contributed by atoms with Crippen molar-refractivity contribution in [3.63, 3.8) is 0 Å². The highest BCUT2D eigenvalue weighted by Gasteiger charge is 2.08. The minimum Gasteiger partial charge on any atom is -0.267 e. The lowest BCUT2D eigenvalue weighted by atomic mass is 10.1. The second-order valence-electron chi connectivity index (χ2n) is 4.61. The SMILES string of the molecule is CC/C(Cc1ccccc1)=N/NC(=O)c1ccccc1Cl. The predicted molar refractivity (Wildman–Crippen MR) is 86.8 cm³/mol. The van der Waals surface area contributed by atoms with Crippen LogP contribution in [0.4, 0.5) is 0 Å². The van der Waals surface area contributed by atoms with Crippen molar-refractivity contribution in [3.05, 3.63) is 70.7 Å². The van der Waals surface area contributed by atoms with Crippen LogP contribution >= 0.6 is 11.6 Å². The Morgan fingerprint density at radius 3 is 2.43 bits per heavy atom. The van der Waals surface area contributed by atoms with Gasteiger partial charge in [0.1, 0.15) is 0 Å². The second-order valence-corrected chi connectivity index (χ2v) is 5.02. The number of benzene rings is 2. The predicted octanol–water partition coefficient (Wildman–Crippen LogP) is 4.08. The zero-order valence-corrected chi connectivity index (χ0v) is 12.6. The number of nitrogens with one attached hydrogen (secondary N) is 1. The molecule has 3 nitrogen and oxygen atoms in total. The molecule has 0 heterocycles. The maximum atomic E-state index is 12.0. The average Bonchev–Trinajstić information content (AvgIpc) is 2.52. The Labute approximate surface area is 129 Å². The molecule has 4 heteroatoms. The quantitative estimate of drug-likeness (QED) is 0.656. The van der Waals surface area contributed by atoms with Gasteiger partial charge in [0, 0.05) is 12.1 Å². The lowest BCUT2D eigenvalue weighted by molar-refractivity contribution is 0.0955. The van der Waals surface area contributed by atoms with E-state index in [1.54, 1.807) is 24.3 Å². The van der Waals surface area contributed by atoms with Crippen LogP contribution in [-0.2, 0) is 6.42 Å². The molecule has 0 atom stereocenters. The Morgan fingerprint density at radius 2 is 1.76 bits per heavy atom. The van der Waals surface area contributed by atoms with Gasteiger partial charge in [-0.1, -0.05) is 61.0 Å². The molecule has 0 aliphatic carbocycles. The minimum absolute atomic E-state index is 0.292. The zero-order chi connectivity index (χ0) is 15.1. The number of hydrogen-bond acceptors (Lipinski definition) is 2. The molecule has 108 valence electrons. The number of halogens is 1. The molecule has 0 bridgehead atoms. The Balaban J connectivity index is 2.04. The standard InChI is InChI=1S/C17H17ClN2O/c1-2-14(12-13-8-4-3-5-9-13)19-20-17(21)15-10-6-7-11-16(15)18/h3-11H,2,12H2,1H3,(H,20,21)/b19-14-. The molecule has 2 aromatic rings. The van der Waals surface area contributed by atoms with Crippen LogP contribution in [0.25, 0.3) is 0 Å². The molecule has 2 aromatic carbocycles. The highest BCUT2D eigenvalue weighted by atomic mass is 35.5. The first-order valence-electron chi connectivity index (χ1n) is 6.85. The van der Waals surface area contributed by atoms with Crippen molar-refractivity contribution in [1.82, 2.24) is 5.43 Å². The number of carbonyl (C=O) groups excluding carboxylic acids is 1. The van der Waals surface area contributed by atoms with Gasteiger partial charge in [-0.3, -0.25) is 4.79 Å². The third kappa shape index (κ3) is 4.43. The number of rotatable bonds is 5. The molecule has 2 rings (SSSR count). The number of hydrogen-bond donors (Lipinski definition) is 1. The van der Waals surface area contributed by atoms with Gasteiger partial charge < -0.3 is 0 Å². The van der Waals surface area contributed by atoms with E-state index in [4.69, 9.17) is 11.6 Å². The number of carbonyl (C=O) groups is 1. The summed E-state index contributed by atoms with van der Waals surface area (Å²) in [5.74, 6) is -0.292. The first-order valence-corrected chi connectivity index (χ1v) is 7.22. The number of nitrogens with zero attached hydrogens (tertiary/aromatic N) is 1. The molecular formula is C17H17ClN2O. The molecule has 0 radical (unpaired) electrons. The van der Waals surface area contributed by atoms with Crippen molar-refractivity contribution in [2.75, 3.05) is 0 Å². The van der Waals surface area contributed by atoms with Gasteiger partial charge in [-0.2, -0.15) is 5.10 Å². The van der Waals surface area contributed by atoms with E-state index in [0.29, 0.717) is 10.6 Å². The van der Waals surface area contributed by atoms with Gasteiger partial charge in [0.05, 0.1) is 10.6 Å². The molecule has 21 heavy (non-hydrogen) atoms. The fourth-order valence-electron chi connectivity index (χ4n) is 1.91. The molecule has 0 saturated heterocycles. The summed E-state index contributed by atoms with van der Waals surface area (Å²) in [6, 6.07) is 17.0. The van der Waals surface area contributed by atoms with Crippen molar-refractivity contribution in [2.24, 2.45) is 5.10 Å². The lowest BCUT2D eigenvalue weighted by Crippen LogP contribution is -2.20. The van der Waals surface area contributed by atoms with Crippen LogP contribution in [0, 0.1) is 0 Å². The van der Waals surface area contributed by atoms with Crippen molar-refractivity contribution in [3.8, 4) is 0 Å². The molecule has 0 unspecified atom stereocenters. The molecule has 0 aliphatic rings. The Morgan fingerprint density at radius 1 is 1.10 bits per heavy atom. The summed E-state index contributed by atoms with van der Waals surface area (Å²) in [6.07, 6.45) is 1.50. The highest BCUT2D eigenvalue weighted by molar-refractivity contribution is 6.33. The van der Waals surface area contributed by atoms with Gasteiger partial charge in [-0.05, 0) is 24.1 Å². The minimum atomic E-state index is -0.292. The third-order valence-electron chi connectivity index (χ3n) is 3.09.